The highest BCUT2D eigenvalue weighted by Crippen LogP contribution is 2.22. The number of amides is 1. The summed E-state index contributed by atoms with van der Waals surface area (Å²) in [6.45, 7) is 0.519. The Morgan fingerprint density at radius 1 is 1.62 bits per heavy atom. The highest BCUT2D eigenvalue weighted by molar-refractivity contribution is 9.10. The number of carbonyl (C=O) groups excluding carboxylic acids is 1. The van der Waals surface area contributed by atoms with E-state index in [1.54, 1.807) is 31.3 Å². The number of nitrogens with one attached hydrogen (secondary N) is 1. The van der Waals surface area contributed by atoms with Crippen molar-refractivity contribution in [3.63, 3.8) is 0 Å². The lowest BCUT2D eigenvalue weighted by Gasteiger charge is -2.11. The predicted octanol–water partition coefficient (Wildman–Crippen LogP) is 2.39. The van der Waals surface area contributed by atoms with Crippen molar-refractivity contribution in [3.05, 3.63) is 21.8 Å². The normalized spacial score (nSPS) is 10.0. The maximum atomic E-state index is 11.3. The van der Waals surface area contributed by atoms with Crippen LogP contribution in [0.15, 0.2) is 16.7 Å². The molecule has 4 nitrogen and oxygen atoms in total. The minimum absolute atomic E-state index is 0.0701. The van der Waals surface area contributed by atoms with Crippen LogP contribution in [-0.4, -0.2) is 36.4 Å². The van der Waals surface area contributed by atoms with Gasteiger partial charge in [-0.3, -0.25) is 4.79 Å². The summed E-state index contributed by atoms with van der Waals surface area (Å²) < 4.78 is 0.826. The standard InChI is InChI=1S/C10H13BrClN3O/c1-15(2)9(16)3-4-13-10-8(12)5-7(11)6-14-10/h5-6H,3-4H2,1-2H3,(H,13,14). The smallest absolute Gasteiger partial charge is 0.223 e. The summed E-state index contributed by atoms with van der Waals surface area (Å²) in [6.07, 6.45) is 2.07. The van der Waals surface area contributed by atoms with Crippen molar-refractivity contribution in [1.82, 2.24) is 9.88 Å². The van der Waals surface area contributed by atoms with E-state index in [-0.39, 0.29) is 5.91 Å². The van der Waals surface area contributed by atoms with Gasteiger partial charge in [-0.05, 0) is 22.0 Å². The first-order valence-electron chi connectivity index (χ1n) is 4.76. The van der Waals surface area contributed by atoms with Gasteiger partial charge in [-0.2, -0.15) is 0 Å². The third-order valence-corrected chi connectivity index (χ3v) is 2.66. The van der Waals surface area contributed by atoms with E-state index in [0.717, 1.165) is 4.47 Å². The molecule has 1 amide bonds. The quantitative estimate of drug-likeness (QED) is 0.929. The molecule has 0 unspecified atom stereocenters. The van der Waals surface area contributed by atoms with Crippen LogP contribution in [-0.2, 0) is 4.79 Å². The maximum Gasteiger partial charge on any atom is 0.223 e. The summed E-state index contributed by atoms with van der Waals surface area (Å²) in [5.74, 6) is 0.664. The molecule has 0 saturated heterocycles. The molecule has 0 aliphatic heterocycles. The molecule has 0 aromatic carbocycles. The molecule has 0 radical (unpaired) electrons. The monoisotopic (exact) mass is 305 g/mol. The minimum Gasteiger partial charge on any atom is -0.368 e. The van der Waals surface area contributed by atoms with Crippen LogP contribution in [0.3, 0.4) is 0 Å². The lowest BCUT2D eigenvalue weighted by molar-refractivity contribution is -0.128. The zero-order chi connectivity index (χ0) is 12.1. The number of carbonyl (C=O) groups is 1. The molecule has 16 heavy (non-hydrogen) atoms. The second-order valence-corrected chi connectivity index (χ2v) is 4.77. The van der Waals surface area contributed by atoms with Crippen molar-refractivity contribution >= 4 is 39.3 Å². The number of rotatable bonds is 4. The summed E-state index contributed by atoms with van der Waals surface area (Å²) >= 11 is 9.23. The third kappa shape index (κ3) is 3.98. The fourth-order valence-electron chi connectivity index (χ4n) is 1.06. The highest BCUT2D eigenvalue weighted by atomic mass is 79.9. The fraction of sp³-hybridized carbons (Fsp3) is 0.400. The number of pyridine rings is 1. The Hall–Kier alpha value is -0.810. The Labute approximate surface area is 108 Å². The molecule has 88 valence electrons. The first kappa shape index (κ1) is 13.3. The summed E-state index contributed by atoms with van der Waals surface area (Å²) in [5.41, 5.74) is 0. The molecule has 1 aromatic heterocycles. The molecule has 1 heterocycles. The van der Waals surface area contributed by atoms with Crippen LogP contribution < -0.4 is 5.32 Å². The molecule has 0 saturated carbocycles. The van der Waals surface area contributed by atoms with Gasteiger partial charge < -0.3 is 10.2 Å². The van der Waals surface area contributed by atoms with E-state index in [4.69, 9.17) is 11.6 Å². The summed E-state index contributed by atoms with van der Waals surface area (Å²) in [6, 6.07) is 1.75. The SMILES string of the molecule is CN(C)C(=O)CCNc1ncc(Br)cc1Cl. The average molecular weight is 307 g/mol. The number of anilines is 1. The van der Waals surface area contributed by atoms with E-state index in [1.165, 1.54) is 0 Å². The van der Waals surface area contributed by atoms with Crippen molar-refractivity contribution < 1.29 is 4.79 Å². The largest absolute Gasteiger partial charge is 0.368 e. The first-order valence-corrected chi connectivity index (χ1v) is 5.93. The molecule has 1 N–H and O–H groups in total. The van der Waals surface area contributed by atoms with Gasteiger partial charge in [-0.15, -0.1) is 0 Å². The van der Waals surface area contributed by atoms with Crippen LogP contribution in [0.25, 0.3) is 0 Å². The van der Waals surface area contributed by atoms with Gasteiger partial charge >= 0.3 is 0 Å². The molecular formula is C10H13BrClN3O. The summed E-state index contributed by atoms with van der Waals surface area (Å²) in [4.78, 5) is 17.0. The third-order valence-electron chi connectivity index (χ3n) is 1.94. The van der Waals surface area contributed by atoms with Crippen LogP contribution in [0.2, 0.25) is 5.02 Å². The van der Waals surface area contributed by atoms with Crippen molar-refractivity contribution in [2.45, 2.75) is 6.42 Å². The van der Waals surface area contributed by atoms with Gasteiger partial charge in [0, 0.05) is 37.7 Å². The minimum atomic E-state index is 0.0701. The lowest BCUT2D eigenvalue weighted by Crippen LogP contribution is -2.24. The van der Waals surface area contributed by atoms with Crippen LogP contribution in [0.1, 0.15) is 6.42 Å². The molecule has 0 atom stereocenters. The maximum absolute atomic E-state index is 11.3. The Morgan fingerprint density at radius 3 is 2.88 bits per heavy atom. The molecule has 6 heteroatoms. The van der Waals surface area contributed by atoms with Crippen LogP contribution in [0.4, 0.5) is 5.82 Å². The van der Waals surface area contributed by atoms with Crippen molar-refractivity contribution in [2.75, 3.05) is 26.0 Å². The Balaban J connectivity index is 2.46. The molecule has 1 rings (SSSR count). The summed E-state index contributed by atoms with van der Waals surface area (Å²) in [5, 5.41) is 3.55. The predicted molar refractivity (Wildman–Crippen MR) is 68.7 cm³/mol. The Morgan fingerprint density at radius 2 is 2.31 bits per heavy atom. The van der Waals surface area contributed by atoms with Gasteiger partial charge in [0.25, 0.3) is 0 Å². The summed E-state index contributed by atoms with van der Waals surface area (Å²) in [7, 11) is 3.46. The number of nitrogens with zero attached hydrogens (tertiary/aromatic N) is 2. The zero-order valence-corrected chi connectivity index (χ0v) is 11.5. The van der Waals surface area contributed by atoms with Crippen LogP contribution >= 0.6 is 27.5 Å². The van der Waals surface area contributed by atoms with E-state index in [0.29, 0.717) is 23.8 Å². The number of aromatic nitrogens is 1. The Kier molecular flexibility index (Phi) is 5.02. The second-order valence-electron chi connectivity index (χ2n) is 3.45. The van der Waals surface area contributed by atoms with Crippen LogP contribution in [0.5, 0.6) is 0 Å². The van der Waals surface area contributed by atoms with E-state index in [9.17, 15) is 4.79 Å². The molecule has 0 fully saturated rings. The zero-order valence-electron chi connectivity index (χ0n) is 9.13. The van der Waals surface area contributed by atoms with E-state index >= 15 is 0 Å². The van der Waals surface area contributed by atoms with Gasteiger partial charge in [-0.1, -0.05) is 11.6 Å². The average Bonchev–Trinajstić information content (AvgIpc) is 2.20. The highest BCUT2D eigenvalue weighted by Gasteiger charge is 2.05. The number of halogens is 2. The van der Waals surface area contributed by atoms with Crippen molar-refractivity contribution in [1.29, 1.82) is 0 Å². The molecule has 1 aromatic rings. The molecule has 0 aliphatic carbocycles. The first-order chi connectivity index (χ1) is 7.50. The molecule has 0 bridgehead atoms. The van der Waals surface area contributed by atoms with Gasteiger partial charge in [0.2, 0.25) is 5.91 Å². The van der Waals surface area contributed by atoms with Gasteiger partial charge in [-0.25, -0.2) is 4.98 Å². The number of hydrogen-bond acceptors (Lipinski definition) is 3. The fourth-order valence-corrected chi connectivity index (χ4v) is 1.75. The Bertz CT molecular complexity index is 384. The molecule has 0 aliphatic rings. The molecular weight excluding hydrogens is 293 g/mol. The lowest BCUT2D eigenvalue weighted by atomic mass is 10.3. The van der Waals surface area contributed by atoms with Crippen LogP contribution in [0, 0.1) is 0 Å². The van der Waals surface area contributed by atoms with E-state index in [1.807, 2.05) is 0 Å². The topological polar surface area (TPSA) is 45.2 Å². The van der Waals surface area contributed by atoms with Crippen molar-refractivity contribution in [3.8, 4) is 0 Å². The van der Waals surface area contributed by atoms with E-state index in [2.05, 4.69) is 26.2 Å². The van der Waals surface area contributed by atoms with Gasteiger partial charge in [0.15, 0.2) is 0 Å². The van der Waals surface area contributed by atoms with Crippen molar-refractivity contribution in [2.24, 2.45) is 0 Å². The second kappa shape index (κ2) is 6.06. The van der Waals surface area contributed by atoms with Gasteiger partial charge in [0.1, 0.15) is 5.82 Å². The van der Waals surface area contributed by atoms with Gasteiger partial charge in [0.05, 0.1) is 5.02 Å². The molecule has 0 spiro atoms. The number of hydrogen-bond donors (Lipinski definition) is 1. The van der Waals surface area contributed by atoms with E-state index < -0.39 is 0 Å².